The van der Waals surface area contributed by atoms with Crippen LogP contribution in [0, 0.1) is 0 Å². The molecule has 4 rings (SSSR count). The number of fused-ring (bicyclic) bond motifs is 1. The molecule has 0 radical (unpaired) electrons. The van der Waals surface area contributed by atoms with Crippen LogP contribution in [0.5, 0.6) is 5.75 Å². The zero-order valence-electron chi connectivity index (χ0n) is 14.6. The summed E-state index contributed by atoms with van der Waals surface area (Å²) >= 11 is 0. The first-order valence-electron chi connectivity index (χ1n) is 8.24. The summed E-state index contributed by atoms with van der Waals surface area (Å²) in [5, 5.41) is 4.35. The van der Waals surface area contributed by atoms with E-state index in [0.717, 1.165) is 27.8 Å². The molecular formula is C20H19N5O. The Morgan fingerprint density at radius 1 is 1.08 bits per heavy atom. The van der Waals surface area contributed by atoms with Crippen LogP contribution in [-0.4, -0.2) is 21.6 Å². The molecule has 130 valence electrons. The summed E-state index contributed by atoms with van der Waals surface area (Å²) in [5.41, 5.74) is 10.3. The van der Waals surface area contributed by atoms with Crippen LogP contribution < -0.4 is 15.8 Å². The summed E-state index contributed by atoms with van der Waals surface area (Å²) in [4.78, 5) is 9.00. The highest BCUT2D eigenvalue weighted by atomic mass is 16.5. The fourth-order valence-electron chi connectivity index (χ4n) is 3.12. The molecule has 6 nitrogen and oxygen atoms in total. The third-order valence-corrected chi connectivity index (χ3v) is 4.32. The fraction of sp³-hybridized carbons (Fsp3) is 0.100. The number of rotatable bonds is 4. The Kier molecular flexibility index (Phi) is 3.93. The molecule has 0 fully saturated rings. The number of nitrogens with one attached hydrogen (secondary N) is 1. The first-order valence-corrected chi connectivity index (χ1v) is 8.24. The Morgan fingerprint density at radius 2 is 1.92 bits per heavy atom. The molecule has 2 heterocycles. The largest absolute Gasteiger partial charge is 0.492 e. The van der Waals surface area contributed by atoms with Gasteiger partial charge in [0.1, 0.15) is 0 Å². The van der Waals surface area contributed by atoms with Gasteiger partial charge in [-0.2, -0.15) is 0 Å². The molecule has 2 aromatic carbocycles. The number of nitrogens with two attached hydrogens (primary N) is 1. The molecular weight excluding hydrogens is 326 g/mol. The molecule has 0 bridgehead atoms. The van der Waals surface area contributed by atoms with Crippen LogP contribution in [0.15, 0.2) is 60.9 Å². The van der Waals surface area contributed by atoms with Gasteiger partial charge in [-0.3, -0.25) is 0 Å². The normalized spacial score (nSPS) is 10.8. The molecule has 4 aromatic rings. The molecule has 0 spiro atoms. The standard InChI is InChI=1S/C20H19N5O/c1-25-12-14(13-6-3-4-9-18(13)25)16-10-11-22-20(23-16)24-17-8-5-7-15(21)19(17)26-2/h3-12H,21H2,1-2H3,(H,22,23,24). The molecule has 26 heavy (non-hydrogen) atoms. The third kappa shape index (κ3) is 2.71. The topological polar surface area (TPSA) is 78.0 Å². The second kappa shape index (κ2) is 6.40. The second-order valence-corrected chi connectivity index (χ2v) is 5.99. The molecule has 0 amide bonds. The number of ether oxygens (including phenoxy) is 1. The van der Waals surface area contributed by atoms with Gasteiger partial charge >= 0.3 is 0 Å². The maximum Gasteiger partial charge on any atom is 0.227 e. The van der Waals surface area contributed by atoms with Crippen molar-refractivity contribution in [3.63, 3.8) is 0 Å². The lowest BCUT2D eigenvalue weighted by molar-refractivity contribution is 0.419. The third-order valence-electron chi connectivity index (χ3n) is 4.32. The maximum atomic E-state index is 5.96. The van der Waals surface area contributed by atoms with Crippen LogP contribution >= 0.6 is 0 Å². The summed E-state index contributed by atoms with van der Waals surface area (Å²) in [6.07, 6.45) is 3.82. The first kappa shape index (κ1) is 16.0. The van der Waals surface area contributed by atoms with Crippen LogP contribution in [0.25, 0.3) is 22.2 Å². The number of benzene rings is 2. The smallest absolute Gasteiger partial charge is 0.227 e. The van der Waals surface area contributed by atoms with Gasteiger partial charge in [-0.05, 0) is 24.3 Å². The van der Waals surface area contributed by atoms with Crippen molar-refractivity contribution in [2.24, 2.45) is 7.05 Å². The highest BCUT2D eigenvalue weighted by Crippen LogP contribution is 2.33. The molecule has 0 atom stereocenters. The number of anilines is 3. The maximum absolute atomic E-state index is 5.96. The molecule has 3 N–H and O–H groups in total. The van der Waals surface area contributed by atoms with Crippen molar-refractivity contribution >= 4 is 28.2 Å². The minimum absolute atomic E-state index is 0.485. The average molecular weight is 345 g/mol. The Bertz CT molecular complexity index is 1090. The minimum Gasteiger partial charge on any atom is -0.492 e. The van der Waals surface area contributed by atoms with Gasteiger partial charge in [0.25, 0.3) is 0 Å². The molecule has 0 saturated heterocycles. The summed E-state index contributed by atoms with van der Waals surface area (Å²) in [6, 6.07) is 15.7. The highest BCUT2D eigenvalue weighted by molar-refractivity contribution is 5.95. The van der Waals surface area contributed by atoms with Gasteiger partial charge in [-0.1, -0.05) is 24.3 Å². The fourth-order valence-corrected chi connectivity index (χ4v) is 3.12. The van der Waals surface area contributed by atoms with Crippen molar-refractivity contribution in [1.82, 2.24) is 14.5 Å². The Hall–Kier alpha value is -3.54. The van der Waals surface area contributed by atoms with Crippen LogP contribution in [0.4, 0.5) is 17.3 Å². The highest BCUT2D eigenvalue weighted by Gasteiger charge is 2.12. The SMILES string of the molecule is COc1c(N)cccc1Nc1nccc(-c2cn(C)c3ccccc23)n1. The number of aryl methyl sites for hydroxylation is 1. The van der Waals surface area contributed by atoms with Crippen molar-refractivity contribution in [2.75, 3.05) is 18.2 Å². The molecule has 6 heteroatoms. The lowest BCUT2D eigenvalue weighted by Crippen LogP contribution is -2.01. The molecule has 2 aromatic heterocycles. The van der Waals surface area contributed by atoms with Gasteiger partial charge in [0, 0.05) is 35.9 Å². The quantitative estimate of drug-likeness (QED) is 0.547. The van der Waals surface area contributed by atoms with E-state index in [0.29, 0.717) is 17.4 Å². The van der Waals surface area contributed by atoms with Crippen LogP contribution in [0.2, 0.25) is 0 Å². The molecule has 0 aliphatic carbocycles. The van der Waals surface area contributed by atoms with Crippen molar-refractivity contribution in [3.8, 4) is 17.0 Å². The van der Waals surface area contributed by atoms with E-state index in [1.54, 1.807) is 19.4 Å². The van der Waals surface area contributed by atoms with Crippen molar-refractivity contribution in [2.45, 2.75) is 0 Å². The lowest BCUT2D eigenvalue weighted by Gasteiger charge is -2.12. The first-order chi connectivity index (χ1) is 12.7. The van der Waals surface area contributed by atoms with Gasteiger partial charge in [0.15, 0.2) is 5.75 Å². The van der Waals surface area contributed by atoms with E-state index < -0.39 is 0 Å². The monoisotopic (exact) mass is 345 g/mol. The number of nitrogens with zero attached hydrogens (tertiary/aromatic N) is 3. The van der Waals surface area contributed by atoms with E-state index in [2.05, 4.69) is 38.2 Å². The van der Waals surface area contributed by atoms with Gasteiger partial charge in [-0.15, -0.1) is 0 Å². The zero-order chi connectivity index (χ0) is 18.1. The van der Waals surface area contributed by atoms with E-state index in [1.807, 2.05) is 37.4 Å². The van der Waals surface area contributed by atoms with Crippen LogP contribution in [-0.2, 0) is 7.05 Å². The lowest BCUT2D eigenvalue weighted by atomic mass is 10.1. The van der Waals surface area contributed by atoms with Gasteiger partial charge in [0.2, 0.25) is 5.95 Å². The number of aromatic nitrogens is 3. The number of nitrogen functional groups attached to an aromatic ring is 1. The minimum atomic E-state index is 0.485. The summed E-state index contributed by atoms with van der Waals surface area (Å²) < 4.78 is 7.48. The van der Waals surface area contributed by atoms with Gasteiger partial charge < -0.3 is 20.4 Å². The van der Waals surface area contributed by atoms with Crippen molar-refractivity contribution < 1.29 is 4.74 Å². The second-order valence-electron chi connectivity index (χ2n) is 5.99. The van der Waals surface area contributed by atoms with E-state index in [9.17, 15) is 0 Å². The summed E-state index contributed by atoms with van der Waals surface area (Å²) in [5.74, 6) is 1.06. The van der Waals surface area contributed by atoms with Crippen LogP contribution in [0.3, 0.4) is 0 Å². The van der Waals surface area contributed by atoms with E-state index in [-0.39, 0.29) is 0 Å². The number of hydrogen-bond acceptors (Lipinski definition) is 5. The Labute approximate surface area is 151 Å². The summed E-state index contributed by atoms with van der Waals surface area (Å²) in [6.45, 7) is 0. The molecule has 0 aliphatic rings. The number of hydrogen-bond donors (Lipinski definition) is 2. The van der Waals surface area contributed by atoms with E-state index in [4.69, 9.17) is 10.5 Å². The predicted molar refractivity (Wildman–Crippen MR) is 105 cm³/mol. The van der Waals surface area contributed by atoms with Crippen LogP contribution in [0.1, 0.15) is 0 Å². The van der Waals surface area contributed by atoms with E-state index in [1.165, 1.54) is 0 Å². The van der Waals surface area contributed by atoms with Crippen molar-refractivity contribution in [3.05, 3.63) is 60.9 Å². The van der Waals surface area contributed by atoms with Crippen molar-refractivity contribution in [1.29, 1.82) is 0 Å². The molecule has 0 aliphatic heterocycles. The Morgan fingerprint density at radius 3 is 2.77 bits per heavy atom. The average Bonchev–Trinajstić information content (AvgIpc) is 2.99. The van der Waals surface area contributed by atoms with Gasteiger partial charge in [-0.25, -0.2) is 9.97 Å². The Balaban J connectivity index is 1.75. The van der Waals surface area contributed by atoms with Gasteiger partial charge in [0.05, 0.1) is 24.2 Å². The zero-order valence-corrected chi connectivity index (χ0v) is 14.6. The number of methoxy groups -OCH3 is 1. The number of para-hydroxylation sites is 2. The summed E-state index contributed by atoms with van der Waals surface area (Å²) in [7, 11) is 3.62. The van der Waals surface area contributed by atoms with E-state index >= 15 is 0 Å². The molecule has 0 saturated carbocycles. The molecule has 0 unspecified atom stereocenters. The predicted octanol–water partition coefficient (Wildman–Crippen LogP) is 3.97.